The lowest BCUT2D eigenvalue weighted by Crippen LogP contribution is -2.23. The van der Waals surface area contributed by atoms with Gasteiger partial charge < -0.3 is 15.5 Å². The van der Waals surface area contributed by atoms with Crippen LogP contribution in [0.5, 0.6) is 0 Å². The van der Waals surface area contributed by atoms with E-state index in [4.69, 9.17) is 0 Å². The second-order valence-corrected chi connectivity index (χ2v) is 6.18. The first-order chi connectivity index (χ1) is 10.6. The number of hydrogen-bond donors (Lipinski definition) is 2. The van der Waals surface area contributed by atoms with Crippen molar-refractivity contribution in [3.63, 3.8) is 0 Å². The minimum absolute atomic E-state index is 0.0836. The second kappa shape index (κ2) is 8.59. The van der Waals surface area contributed by atoms with Crippen LogP contribution in [0.1, 0.15) is 32.1 Å². The van der Waals surface area contributed by atoms with E-state index < -0.39 is 0 Å². The van der Waals surface area contributed by atoms with Gasteiger partial charge in [-0.25, -0.2) is 0 Å². The first-order valence-electron chi connectivity index (χ1n) is 8.13. The van der Waals surface area contributed by atoms with Crippen molar-refractivity contribution in [3.8, 4) is 0 Å². The summed E-state index contributed by atoms with van der Waals surface area (Å²) < 4.78 is 0. The summed E-state index contributed by atoms with van der Waals surface area (Å²) in [4.78, 5) is 14.0. The molecule has 1 saturated carbocycles. The molecule has 4 nitrogen and oxygen atoms in total. The van der Waals surface area contributed by atoms with Crippen LogP contribution in [0.4, 0.5) is 11.4 Å². The molecule has 0 heterocycles. The first-order valence-corrected chi connectivity index (χ1v) is 8.13. The van der Waals surface area contributed by atoms with Gasteiger partial charge in [0.05, 0.1) is 11.4 Å². The van der Waals surface area contributed by atoms with Gasteiger partial charge in [0.15, 0.2) is 0 Å². The summed E-state index contributed by atoms with van der Waals surface area (Å²) in [6, 6.07) is 8.46. The van der Waals surface area contributed by atoms with Crippen LogP contribution in [0.2, 0.25) is 0 Å². The van der Waals surface area contributed by atoms with Gasteiger partial charge in [0.2, 0.25) is 5.91 Å². The van der Waals surface area contributed by atoms with Crippen LogP contribution in [0.25, 0.3) is 0 Å². The van der Waals surface area contributed by atoms with Gasteiger partial charge in [0.1, 0.15) is 0 Å². The highest BCUT2D eigenvalue weighted by atomic mass is 16.1. The van der Waals surface area contributed by atoms with Gasteiger partial charge in [0, 0.05) is 18.7 Å². The zero-order chi connectivity index (χ0) is 15.8. The molecule has 4 heteroatoms. The highest BCUT2D eigenvalue weighted by molar-refractivity contribution is 6.01. The lowest BCUT2D eigenvalue weighted by Gasteiger charge is -2.25. The standard InChI is InChI=1S/C18H27N3O/c1-21(2)14-8-13-18(22)20-17-12-7-6-11-16(17)19-15-9-4-3-5-10-15/h6-8,11-13,15,19H,3-5,9-10,14H2,1-2H3,(H,20,22)/b13-8+. The Morgan fingerprint density at radius 1 is 1.18 bits per heavy atom. The molecule has 1 fully saturated rings. The van der Waals surface area contributed by atoms with Crippen LogP contribution in [0, 0.1) is 0 Å². The average molecular weight is 301 g/mol. The third-order valence-corrected chi connectivity index (χ3v) is 3.89. The first kappa shape index (κ1) is 16.6. The molecule has 0 aromatic heterocycles. The van der Waals surface area contributed by atoms with Crippen molar-refractivity contribution in [2.75, 3.05) is 31.3 Å². The van der Waals surface area contributed by atoms with Crippen molar-refractivity contribution in [3.05, 3.63) is 36.4 Å². The molecule has 0 saturated heterocycles. The second-order valence-electron chi connectivity index (χ2n) is 6.18. The van der Waals surface area contributed by atoms with Gasteiger partial charge in [-0.3, -0.25) is 4.79 Å². The summed E-state index contributed by atoms with van der Waals surface area (Å²) in [6.45, 7) is 0.759. The molecule has 1 aliphatic rings. The third-order valence-electron chi connectivity index (χ3n) is 3.89. The highest BCUT2D eigenvalue weighted by Crippen LogP contribution is 2.26. The van der Waals surface area contributed by atoms with E-state index in [2.05, 4.69) is 10.6 Å². The molecule has 0 radical (unpaired) electrons. The van der Waals surface area contributed by atoms with E-state index in [-0.39, 0.29) is 5.91 Å². The number of para-hydroxylation sites is 2. The van der Waals surface area contributed by atoms with E-state index in [9.17, 15) is 4.79 Å². The molecule has 1 aliphatic carbocycles. The highest BCUT2D eigenvalue weighted by Gasteiger charge is 2.14. The van der Waals surface area contributed by atoms with Crippen molar-refractivity contribution in [2.45, 2.75) is 38.1 Å². The lowest BCUT2D eigenvalue weighted by molar-refractivity contribution is -0.111. The molecule has 22 heavy (non-hydrogen) atoms. The van der Waals surface area contributed by atoms with Gasteiger partial charge in [-0.2, -0.15) is 0 Å². The maximum absolute atomic E-state index is 12.0. The van der Waals surface area contributed by atoms with Crippen LogP contribution in [-0.2, 0) is 4.79 Å². The Balaban J connectivity index is 1.95. The van der Waals surface area contributed by atoms with Gasteiger partial charge >= 0.3 is 0 Å². The Kier molecular flexibility index (Phi) is 6.46. The molecule has 0 aliphatic heterocycles. The van der Waals surface area contributed by atoms with Crippen molar-refractivity contribution in [1.82, 2.24) is 4.90 Å². The number of nitrogens with zero attached hydrogens (tertiary/aromatic N) is 1. The molecular formula is C18H27N3O. The van der Waals surface area contributed by atoms with Gasteiger partial charge in [0.25, 0.3) is 0 Å². The smallest absolute Gasteiger partial charge is 0.248 e. The van der Waals surface area contributed by atoms with Gasteiger partial charge in [-0.1, -0.05) is 37.5 Å². The number of amides is 1. The topological polar surface area (TPSA) is 44.4 Å². The number of carbonyl (C=O) groups is 1. The van der Waals surface area contributed by atoms with Crippen LogP contribution in [-0.4, -0.2) is 37.5 Å². The number of nitrogens with one attached hydrogen (secondary N) is 2. The third kappa shape index (κ3) is 5.53. The largest absolute Gasteiger partial charge is 0.381 e. The number of rotatable bonds is 6. The number of anilines is 2. The summed E-state index contributed by atoms with van der Waals surface area (Å²) in [5.41, 5.74) is 1.87. The van der Waals surface area contributed by atoms with Crippen LogP contribution >= 0.6 is 0 Å². The van der Waals surface area contributed by atoms with Crippen LogP contribution in [0.3, 0.4) is 0 Å². The predicted octanol–water partition coefficient (Wildman–Crippen LogP) is 3.49. The molecule has 0 bridgehead atoms. The van der Waals surface area contributed by atoms with E-state index >= 15 is 0 Å². The van der Waals surface area contributed by atoms with Crippen molar-refractivity contribution in [1.29, 1.82) is 0 Å². The number of hydrogen-bond acceptors (Lipinski definition) is 3. The molecule has 1 aromatic rings. The predicted molar refractivity (Wildman–Crippen MR) is 93.3 cm³/mol. The zero-order valence-electron chi connectivity index (χ0n) is 13.6. The molecule has 2 N–H and O–H groups in total. The Hall–Kier alpha value is -1.81. The normalized spacial score (nSPS) is 16.1. The Morgan fingerprint density at radius 2 is 1.86 bits per heavy atom. The number of likely N-dealkylation sites (N-methyl/N-ethyl adjacent to an activating group) is 1. The molecule has 0 spiro atoms. The quantitative estimate of drug-likeness (QED) is 0.791. The lowest BCUT2D eigenvalue weighted by atomic mass is 9.95. The summed E-state index contributed by atoms with van der Waals surface area (Å²) in [6.07, 6.45) is 9.81. The minimum atomic E-state index is -0.0836. The Bertz CT molecular complexity index is 505. The fraction of sp³-hybridized carbons (Fsp3) is 0.500. The average Bonchev–Trinajstić information content (AvgIpc) is 2.50. The summed E-state index contributed by atoms with van der Waals surface area (Å²) in [7, 11) is 3.96. The fourth-order valence-corrected chi connectivity index (χ4v) is 2.73. The zero-order valence-corrected chi connectivity index (χ0v) is 13.6. The summed E-state index contributed by atoms with van der Waals surface area (Å²) in [5, 5.41) is 6.55. The number of benzene rings is 1. The summed E-state index contributed by atoms with van der Waals surface area (Å²) >= 11 is 0. The van der Waals surface area contributed by atoms with Crippen molar-refractivity contribution >= 4 is 17.3 Å². The number of carbonyl (C=O) groups excluding carboxylic acids is 1. The molecular weight excluding hydrogens is 274 g/mol. The van der Waals surface area contributed by atoms with E-state index in [0.717, 1.165) is 17.9 Å². The molecule has 1 aromatic carbocycles. The van der Waals surface area contributed by atoms with E-state index in [1.54, 1.807) is 6.08 Å². The van der Waals surface area contributed by atoms with Crippen molar-refractivity contribution < 1.29 is 4.79 Å². The van der Waals surface area contributed by atoms with Crippen LogP contribution < -0.4 is 10.6 Å². The molecule has 0 atom stereocenters. The molecule has 120 valence electrons. The maximum Gasteiger partial charge on any atom is 0.248 e. The van der Waals surface area contributed by atoms with E-state index in [0.29, 0.717) is 6.04 Å². The molecule has 2 rings (SSSR count). The Morgan fingerprint density at radius 3 is 2.55 bits per heavy atom. The van der Waals surface area contributed by atoms with Gasteiger partial charge in [-0.05, 0) is 39.1 Å². The van der Waals surface area contributed by atoms with E-state index in [1.165, 1.54) is 32.1 Å². The molecule has 0 unspecified atom stereocenters. The molecule has 1 amide bonds. The fourth-order valence-electron chi connectivity index (χ4n) is 2.73. The van der Waals surface area contributed by atoms with Crippen molar-refractivity contribution in [2.24, 2.45) is 0 Å². The minimum Gasteiger partial charge on any atom is -0.381 e. The summed E-state index contributed by atoms with van der Waals surface area (Å²) in [5.74, 6) is -0.0836. The van der Waals surface area contributed by atoms with Crippen LogP contribution in [0.15, 0.2) is 36.4 Å². The van der Waals surface area contributed by atoms with E-state index in [1.807, 2.05) is 49.3 Å². The maximum atomic E-state index is 12.0. The SMILES string of the molecule is CN(C)C/C=C/C(=O)Nc1ccccc1NC1CCCCC1. The monoisotopic (exact) mass is 301 g/mol. The van der Waals surface area contributed by atoms with Gasteiger partial charge in [-0.15, -0.1) is 0 Å². The Labute approximate surface area is 133 Å².